The predicted octanol–water partition coefficient (Wildman–Crippen LogP) is 4.57. The summed E-state index contributed by atoms with van der Waals surface area (Å²) in [6.45, 7) is 3.94. The van der Waals surface area contributed by atoms with Crippen LogP contribution in [0, 0.1) is 5.82 Å². The van der Waals surface area contributed by atoms with Crippen LogP contribution in [0.5, 0.6) is 5.75 Å². The Bertz CT molecular complexity index is 933. The Morgan fingerprint density at radius 2 is 1.90 bits per heavy atom. The van der Waals surface area contributed by atoms with E-state index in [1.807, 2.05) is 55.5 Å². The second-order valence-corrected chi connectivity index (χ2v) is 6.87. The minimum absolute atomic E-state index is 0.0974. The molecule has 0 spiro atoms. The molecule has 0 bridgehead atoms. The van der Waals surface area contributed by atoms with Crippen LogP contribution < -0.4 is 10.1 Å². The number of likely N-dealkylation sites (N-methyl/N-ethyl adjacent to an activating group) is 1. The Morgan fingerprint density at radius 3 is 2.60 bits per heavy atom. The topological polar surface area (TPSA) is 54.5 Å². The summed E-state index contributed by atoms with van der Waals surface area (Å²) >= 11 is 0. The van der Waals surface area contributed by atoms with Gasteiger partial charge in [-0.2, -0.15) is 0 Å². The Hall–Kier alpha value is -3.41. The van der Waals surface area contributed by atoms with Gasteiger partial charge in [0.2, 0.25) is 0 Å². The average Bonchev–Trinajstić information content (AvgIpc) is 2.78. The molecule has 0 unspecified atom stereocenters. The van der Waals surface area contributed by atoms with Crippen molar-refractivity contribution < 1.29 is 13.9 Å². The van der Waals surface area contributed by atoms with E-state index in [1.54, 1.807) is 17.2 Å². The molecule has 156 valence electrons. The van der Waals surface area contributed by atoms with Gasteiger partial charge in [0, 0.05) is 37.9 Å². The summed E-state index contributed by atoms with van der Waals surface area (Å²) in [5.74, 6) is 0.420. The summed E-state index contributed by atoms with van der Waals surface area (Å²) in [6.07, 6.45) is 2.48. The molecule has 3 rings (SSSR count). The van der Waals surface area contributed by atoms with E-state index >= 15 is 0 Å². The fourth-order valence-electron chi connectivity index (χ4n) is 2.99. The molecule has 0 aliphatic rings. The van der Waals surface area contributed by atoms with E-state index in [0.29, 0.717) is 32.0 Å². The van der Waals surface area contributed by atoms with Crippen LogP contribution in [0.1, 0.15) is 23.7 Å². The number of aromatic nitrogens is 1. The number of halogens is 1. The van der Waals surface area contributed by atoms with Crippen molar-refractivity contribution in [3.05, 3.63) is 95.6 Å². The molecule has 5 nitrogen and oxygen atoms in total. The van der Waals surface area contributed by atoms with E-state index in [0.717, 1.165) is 23.2 Å². The van der Waals surface area contributed by atoms with Gasteiger partial charge in [0.25, 0.3) is 0 Å². The third-order valence-corrected chi connectivity index (χ3v) is 4.69. The number of ether oxygens (including phenoxy) is 1. The van der Waals surface area contributed by atoms with Crippen molar-refractivity contribution in [2.45, 2.75) is 26.5 Å². The van der Waals surface area contributed by atoms with Crippen LogP contribution in [-0.4, -0.2) is 29.0 Å². The minimum atomic E-state index is -0.275. The Balaban J connectivity index is 1.44. The van der Waals surface area contributed by atoms with Gasteiger partial charge < -0.3 is 15.0 Å². The van der Waals surface area contributed by atoms with Crippen molar-refractivity contribution in [3.8, 4) is 5.75 Å². The summed E-state index contributed by atoms with van der Waals surface area (Å²) in [7, 11) is 0. The summed E-state index contributed by atoms with van der Waals surface area (Å²) in [6, 6.07) is 19.5. The van der Waals surface area contributed by atoms with E-state index in [4.69, 9.17) is 4.74 Å². The number of hydrogen-bond donors (Lipinski definition) is 1. The number of nitrogens with one attached hydrogen (secondary N) is 1. The van der Waals surface area contributed by atoms with Gasteiger partial charge in [-0.05, 0) is 54.4 Å². The highest BCUT2D eigenvalue weighted by Crippen LogP contribution is 2.15. The molecule has 2 aromatic carbocycles. The van der Waals surface area contributed by atoms with Crippen LogP contribution in [-0.2, 0) is 19.6 Å². The SMILES string of the molecule is CCN(CCc1ccccn1)C(=O)NCc1ccc(OCc2cccc(F)c2)cc1. The van der Waals surface area contributed by atoms with Gasteiger partial charge in [-0.3, -0.25) is 4.98 Å². The molecule has 3 aromatic rings. The number of amides is 2. The van der Waals surface area contributed by atoms with E-state index in [-0.39, 0.29) is 11.8 Å². The van der Waals surface area contributed by atoms with Gasteiger partial charge in [-0.25, -0.2) is 9.18 Å². The zero-order valence-electron chi connectivity index (χ0n) is 17.1. The quantitative estimate of drug-likeness (QED) is 0.565. The first-order chi connectivity index (χ1) is 14.6. The standard InChI is InChI=1S/C24H26FN3O2/c1-2-28(15-13-22-8-3-4-14-26-22)24(29)27-17-19-9-11-23(12-10-19)30-18-20-6-5-7-21(25)16-20/h3-12,14,16H,2,13,15,17-18H2,1H3,(H,27,29). The molecule has 0 radical (unpaired) electrons. The number of benzene rings is 2. The van der Waals surface area contributed by atoms with Gasteiger partial charge in [0.15, 0.2) is 0 Å². The molecule has 6 heteroatoms. The molecular weight excluding hydrogens is 381 g/mol. The Morgan fingerprint density at radius 1 is 1.07 bits per heavy atom. The molecule has 0 saturated carbocycles. The normalized spacial score (nSPS) is 10.5. The maximum absolute atomic E-state index is 13.2. The van der Waals surface area contributed by atoms with Crippen LogP contribution in [0.2, 0.25) is 0 Å². The maximum atomic E-state index is 13.2. The molecule has 30 heavy (non-hydrogen) atoms. The highest BCUT2D eigenvalue weighted by molar-refractivity contribution is 5.74. The zero-order valence-corrected chi connectivity index (χ0v) is 17.1. The van der Waals surface area contributed by atoms with Crippen molar-refractivity contribution in [2.75, 3.05) is 13.1 Å². The van der Waals surface area contributed by atoms with Gasteiger partial charge in [0.1, 0.15) is 18.2 Å². The molecule has 1 N–H and O–H groups in total. The zero-order chi connectivity index (χ0) is 21.2. The predicted molar refractivity (Wildman–Crippen MR) is 115 cm³/mol. The smallest absolute Gasteiger partial charge is 0.317 e. The van der Waals surface area contributed by atoms with Gasteiger partial charge in [-0.15, -0.1) is 0 Å². The molecule has 0 aliphatic carbocycles. The maximum Gasteiger partial charge on any atom is 0.317 e. The lowest BCUT2D eigenvalue weighted by Crippen LogP contribution is -2.40. The second kappa shape index (κ2) is 11.0. The number of pyridine rings is 1. The first-order valence-corrected chi connectivity index (χ1v) is 10.0. The summed E-state index contributed by atoms with van der Waals surface area (Å²) in [5, 5.41) is 2.95. The van der Waals surface area contributed by atoms with Crippen LogP contribution in [0.15, 0.2) is 72.9 Å². The number of urea groups is 1. The highest BCUT2D eigenvalue weighted by atomic mass is 19.1. The van der Waals surface area contributed by atoms with Gasteiger partial charge in [-0.1, -0.05) is 30.3 Å². The number of rotatable bonds is 9. The number of nitrogens with zero attached hydrogens (tertiary/aromatic N) is 2. The first-order valence-electron chi connectivity index (χ1n) is 10.0. The summed E-state index contributed by atoms with van der Waals surface area (Å²) in [4.78, 5) is 18.5. The third kappa shape index (κ3) is 6.58. The lowest BCUT2D eigenvalue weighted by molar-refractivity contribution is 0.200. The summed E-state index contributed by atoms with van der Waals surface area (Å²) in [5.41, 5.74) is 2.72. The van der Waals surface area contributed by atoms with Gasteiger partial charge in [0.05, 0.1) is 0 Å². The third-order valence-electron chi connectivity index (χ3n) is 4.69. The molecule has 2 amide bonds. The van der Waals surface area contributed by atoms with Crippen LogP contribution >= 0.6 is 0 Å². The van der Waals surface area contributed by atoms with Crippen molar-refractivity contribution in [1.29, 1.82) is 0 Å². The molecular formula is C24H26FN3O2. The number of carbonyl (C=O) groups is 1. The van der Waals surface area contributed by atoms with Crippen molar-refractivity contribution in [3.63, 3.8) is 0 Å². The first kappa shape index (κ1) is 21.3. The molecule has 0 aliphatic heterocycles. The van der Waals surface area contributed by atoms with Crippen LogP contribution in [0.25, 0.3) is 0 Å². The van der Waals surface area contributed by atoms with Crippen LogP contribution in [0.4, 0.5) is 9.18 Å². The molecule has 1 aromatic heterocycles. The monoisotopic (exact) mass is 407 g/mol. The van der Waals surface area contributed by atoms with Gasteiger partial charge >= 0.3 is 6.03 Å². The average molecular weight is 407 g/mol. The van der Waals surface area contributed by atoms with Crippen LogP contribution in [0.3, 0.4) is 0 Å². The summed E-state index contributed by atoms with van der Waals surface area (Å²) < 4.78 is 18.9. The van der Waals surface area contributed by atoms with E-state index in [2.05, 4.69) is 10.3 Å². The van der Waals surface area contributed by atoms with E-state index in [9.17, 15) is 9.18 Å². The highest BCUT2D eigenvalue weighted by Gasteiger charge is 2.11. The largest absolute Gasteiger partial charge is 0.489 e. The Kier molecular flexibility index (Phi) is 7.78. The lowest BCUT2D eigenvalue weighted by Gasteiger charge is -2.21. The van der Waals surface area contributed by atoms with Crippen molar-refractivity contribution >= 4 is 6.03 Å². The molecule has 0 fully saturated rings. The molecule has 0 saturated heterocycles. The molecule has 0 atom stereocenters. The van der Waals surface area contributed by atoms with Crippen molar-refractivity contribution in [1.82, 2.24) is 15.2 Å². The lowest BCUT2D eigenvalue weighted by atomic mass is 10.2. The minimum Gasteiger partial charge on any atom is -0.489 e. The van der Waals surface area contributed by atoms with E-state index < -0.39 is 0 Å². The fourth-order valence-corrected chi connectivity index (χ4v) is 2.99. The van der Waals surface area contributed by atoms with E-state index in [1.165, 1.54) is 12.1 Å². The number of hydrogen-bond acceptors (Lipinski definition) is 3. The fraction of sp³-hybridized carbons (Fsp3) is 0.250. The molecule has 1 heterocycles. The van der Waals surface area contributed by atoms with Crippen molar-refractivity contribution in [2.24, 2.45) is 0 Å². The Labute approximate surface area is 176 Å². The second-order valence-electron chi connectivity index (χ2n) is 6.87. The number of carbonyl (C=O) groups excluding carboxylic acids is 1.